The van der Waals surface area contributed by atoms with Gasteiger partial charge in [0.1, 0.15) is 23.0 Å². The Morgan fingerprint density at radius 2 is 1.85 bits per heavy atom. The largest absolute Gasteiger partial charge is 0.508 e. The number of nitrogens with one attached hydrogen (secondary N) is 3. The quantitative estimate of drug-likeness (QED) is 0.175. The predicted molar refractivity (Wildman–Crippen MR) is 150 cm³/mol. The first-order valence-electron chi connectivity index (χ1n) is 12.4. The molecule has 0 spiro atoms. The molecule has 0 fully saturated rings. The molecule has 1 heterocycles. The number of nitrogens with zero attached hydrogens (tertiary/aromatic N) is 2. The number of amidine groups is 1. The first-order chi connectivity index (χ1) is 18.4. The first kappa shape index (κ1) is 27.2. The number of imidazole rings is 1. The molecule has 3 aromatic carbocycles. The van der Waals surface area contributed by atoms with Gasteiger partial charge in [-0.25, -0.2) is 9.78 Å². The highest BCUT2D eigenvalue weighted by atomic mass is 16.6. The second-order valence-corrected chi connectivity index (χ2v) is 10.2. The minimum absolute atomic E-state index is 0.0406. The van der Waals surface area contributed by atoms with Crippen molar-refractivity contribution in [2.45, 2.75) is 46.3 Å². The van der Waals surface area contributed by atoms with Crippen molar-refractivity contribution in [3.63, 3.8) is 0 Å². The number of aryl methyl sites for hydroxylation is 1. The molecule has 4 rings (SSSR count). The number of carbonyl (C=O) groups is 2. The molecule has 2 amide bonds. The van der Waals surface area contributed by atoms with Crippen molar-refractivity contribution in [2.75, 3.05) is 5.32 Å². The summed E-state index contributed by atoms with van der Waals surface area (Å²) in [4.78, 5) is 29.7. The van der Waals surface area contributed by atoms with Crippen LogP contribution in [0.5, 0.6) is 5.75 Å². The van der Waals surface area contributed by atoms with Crippen molar-refractivity contribution >= 4 is 34.6 Å². The highest BCUT2D eigenvalue weighted by molar-refractivity contribution is 5.96. The molecule has 0 aliphatic heterocycles. The fourth-order valence-corrected chi connectivity index (χ4v) is 4.19. The molecule has 4 aromatic rings. The van der Waals surface area contributed by atoms with Crippen LogP contribution in [0.1, 0.15) is 43.3 Å². The Morgan fingerprint density at radius 1 is 1.10 bits per heavy atom. The fourth-order valence-electron chi connectivity index (χ4n) is 4.19. The summed E-state index contributed by atoms with van der Waals surface area (Å²) in [6.07, 6.45) is -0.615. The molecule has 10 nitrogen and oxygen atoms in total. The van der Waals surface area contributed by atoms with Gasteiger partial charge in [-0.1, -0.05) is 12.1 Å². The van der Waals surface area contributed by atoms with Gasteiger partial charge in [-0.05, 0) is 81.8 Å². The average molecular weight is 529 g/mol. The third-order valence-corrected chi connectivity index (χ3v) is 5.88. The Morgan fingerprint density at radius 3 is 2.54 bits per heavy atom. The van der Waals surface area contributed by atoms with Crippen LogP contribution in [-0.4, -0.2) is 38.1 Å². The van der Waals surface area contributed by atoms with Crippen molar-refractivity contribution in [3.8, 4) is 11.4 Å². The molecular formula is C29H32N6O4. The van der Waals surface area contributed by atoms with Gasteiger partial charge < -0.3 is 26.2 Å². The van der Waals surface area contributed by atoms with E-state index in [-0.39, 0.29) is 30.5 Å². The second kappa shape index (κ2) is 10.9. The van der Waals surface area contributed by atoms with Gasteiger partial charge >= 0.3 is 6.09 Å². The minimum atomic E-state index is -0.615. The summed E-state index contributed by atoms with van der Waals surface area (Å²) in [5, 5.41) is 23.3. The maximum absolute atomic E-state index is 12.7. The number of benzene rings is 3. The van der Waals surface area contributed by atoms with Gasteiger partial charge in [-0.15, -0.1) is 0 Å². The van der Waals surface area contributed by atoms with E-state index < -0.39 is 11.7 Å². The van der Waals surface area contributed by atoms with E-state index in [0.717, 1.165) is 22.3 Å². The van der Waals surface area contributed by atoms with Crippen molar-refractivity contribution in [2.24, 2.45) is 5.73 Å². The van der Waals surface area contributed by atoms with E-state index >= 15 is 0 Å². The molecule has 0 radical (unpaired) electrons. The Balaban J connectivity index is 1.56. The van der Waals surface area contributed by atoms with Gasteiger partial charge in [-0.3, -0.25) is 14.8 Å². The number of anilines is 1. The zero-order valence-corrected chi connectivity index (χ0v) is 22.3. The third-order valence-electron chi connectivity index (χ3n) is 5.88. The van der Waals surface area contributed by atoms with Gasteiger partial charge in [0.05, 0.1) is 29.7 Å². The van der Waals surface area contributed by atoms with Crippen LogP contribution in [0.2, 0.25) is 0 Å². The van der Waals surface area contributed by atoms with Crippen molar-refractivity contribution in [3.05, 3.63) is 83.2 Å². The molecule has 10 heteroatoms. The summed E-state index contributed by atoms with van der Waals surface area (Å²) in [6.45, 7) is 7.49. The van der Waals surface area contributed by atoms with Crippen LogP contribution in [0.3, 0.4) is 0 Å². The van der Waals surface area contributed by atoms with Crippen LogP contribution in [0, 0.1) is 12.3 Å². The van der Waals surface area contributed by atoms with E-state index in [1.54, 1.807) is 26.8 Å². The number of rotatable bonds is 7. The number of alkyl carbamates (subject to hydrolysis) is 1. The number of phenolic OH excluding ortho intramolecular Hbond substituents is 1. The van der Waals surface area contributed by atoms with Crippen molar-refractivity contribution in [1.82, 2.24) is 14.9 Å². The van der Waals surface area contributed by atoms with Gasteiger partial charge in [0.15, 0.2) is 0 Å². The zero-order chi connectivity index (χ0) is 28.3. The monoisotopic (exact) mass is 528 g/mol. The summed E-state index contributed by atoms with van der Waals surface area (Å²) >= 11 is 0. The van der Waals surface area contributed by atoms with Gasteiger partial charge in [0.25, 0.3) is 0 Å². The zero-order valence-electron chi connectivity index (χ0n) is 22.3. The Labute approximate surface area is 226 Å². The smallest absolute Gasteiger partial charge is 0.408 e. The summed E-state index contributed by atoms with van der Waals surface area (Å²) < 4.78 is 7.34. The molecule has 0 saturated heterocycles. The number of phenols is 1. The number of aromatic hydroxyl groups is 1. The Hall–Kier alpha value is -4.86. The molecule has 0 aliphatic rings. The van der Waals surface area contributed by atoms with Crippen molar-refractivity contribution in [1.29, 1.82) is 5.41 Å². The van der Waals surface area contributed by atoms with E-state index in [4.69, 9.17) is 20.9 Å². The number of hydrogen-bond donors (Lipinski definition) is 5. The fraction of sp³-hybridized carbons (Fsp3) is 0.241. The van der Waals surface area contributed by atoms with Crippen LogP contribution < -0.4 is 16.4 Å². The van der Waals surface area contributed by atoms with Gasteiger partial charge in [0.2, 0.25) is 5.91 Å². The number of aromatic nitrogens is 2. The number of para-hydroxylation sites is 2. The van der Waals surface area contributed by atoms with E-state index in [2.05, 4.69) is 10.6 Å². The predicted octanol–water partition coefficient (Wildman–Crippen LogP) is 4.53. The number of hydrogen-bond acceptors (Lipinski definition) is 6. The maximum atomic E-state index is 12.7. The summed E-state index contributed by atoms with van der Waals surface area (Å²) in [5.74, 6) is 0.119. The summed E-state index contributed by atoms with van der Waals surface area (Å²) in [6, 6.07) is 17.7. The molecule has 0 bridgehead atoms. The molecule has 0 atom stereocenters. The number of ether oxygens (including phenoxy) is 1. The Kier molecular flexibility index (Phi) is 7.57. The molecule has 0 unspecified atom stereocenters. The van der Waals surface area contributed by atoms with Crippen LogP contribution >= 0.6 is 0 Å². The molecular weight excluding hydrogens is 496 g/mol. The van der Waals surface area contributed by atoms with E-state index in [9.17, 15) is 14.7 Å². The highest BCUT2D eigenvalue weighted by Crippen LogP contribution is 2.26. The highest BCUT2D eigenvalue weighted by Gasteiger charge is 2.19. The number of nitrogens with two attached hydrogens (primary N) is 1. The number of fused-ring (bicyclic) bond motifs is 1. The SMILES string of the molecule is Cc1cc(NC(=O)Cc2cc(C(=N)N)ccc2O)ccc1-n1c(CNC(=O)OC(C)(C)C)nc2ccccc21. The molecule has 1 aromatic heterocycles. The van der Waals surface area contributed by atoms with Gasteiger partial charge in [-0.2, -0.15) is 0 Å². The third kappa shape index (κ3) is 6.53. The van der Waals surface area contributed by atoms with Gasteiger partial charge in [0, 0.05) is 16.8 Å². The van der Waals surface area contributed by atoms with Crippen molar-refractivity contribution < 1.29 is 19.4 Å². The average Bonchev–Trinajstić information content (AvgIpc) is 3.21. The lowest BCUT2D eigenvalue weighted by Gasteiger charge is -2.20. The molecule has 6 N–H and O–H groups in total. The lowest BCUT2D eigenvalue weighted by Crippen LogP contribution is -2.32. The second-order valence-electron chi connectivity index (χ2n) is 10.2. The lowest BCUT2D eigenvalue weighted by atomic mass is 10.1. The standard InChI is InChI=1S/C29H32N6O4/c1-17-13-20(33-26(37)15-19-14-18(27(30)31)9-12-24(19)36)10-11-22(17)35-23-8-6-5-7-21(23)34-25(35)16-32-28(38)39-29(2,3)4/h5-14,36H,15-16H2,1-4H3,(H3,30,31)(H,32,38)(H,33,37). The first-order valence-corrected chi connectivity index (χ1v) is 12.4. The number of carbonyl (C=O) groups excluding carboxylic acids is 2. The minimum Gasteiger partial charge on any atom is -0.508 e. The van der Waals surface area contributed by atoms with E-state index in [1.165, 1.54) is 18.2 Å². The molecule has 202 valence electrons. The summed E-state index contributed by atoms with van der Waals surface area (Å²) in [7, 11) is 0. The van der Waals surface area contributed by atoms with Crippen LogP contribution in [0.4, 0.5) is 10.5 Å². The topological polar surface area (TPSA) is 155 Å². The number of amides is 2. The normalized spacial score (nSPS) is 11.3. The van der Waals surface area contributed by atoms with E-state index in [0.29, 0.717) is 22.6 Å². The van der Waals surface area contributed by atoms with Crippen LogP contribution in [0.15, 0.2) is 60.7 Å². The molecule has 39 heavy (non-hydrogen) atoms. The molecule has 0 aliphatic carbocycles. The Bertz CT molecular complexity index is 1570. The summed E-state index contributed by atoms with van der Waals surface area (Å²) in [5.41, 5.74) is 9.67. The maximum Gasteiger partial charge on any atom is 0.408 e. The molecule has 0 saturated carbocycles. The van der Waals surface area contributed by atoms with E-state index in [1.807, 2.05) is 47.9 Å². The van der Waals surface area contributed by atoms with Crippen LogP contribution in [0.25, 0.3) is 16.7 Å². The van der Waals surface area contributed by atoms with Crippen LogP contribution in [-0.2, 0) is 22.5 Å². The number of nitrogen functional groups attached to an aromatic ring is 1. The lowest BCUT2D eigenvalue weighted by molar-refractivity contribution is -0.115.